The number of hydrogen-bond acceptors (Lipinski definition) is 0. The van der Waals surface area contributed by atoms with Gasteiger partial charge in [0.1, 0.15) is 0 Å². The molecule has 0 amide bonds. The summed E-state index contributed by atoms with van der Waals surface area (Å²) in [7, 11) is 0. The first-order valence-electron chi connectivity index (χ1n) is 22.2. The van der Waals surface area contributed by atoms with E-state index in [4.69, 9.17) is 0 Å². The van der Waals surface area contributed by atoms with Crippen LogP contribution in [0.1, 0.15) is 43.2 Å². The monoisotopic (exact) mass is 768 g/mol. The predicted molar refractivity (Wildman–Crippen MR) is 249 cm³/mol. The van der Waals surface area contributed by atoms with Crippen molar-refractivity contribution in [1.29, 1.82) is 0 Å². The van der Waals surface area contributed by atoms with Gasteiger partial charge < -0.3 is 9.13 Å². The molecule has 8 aromatic carbocycles. The molecule has 0 radical (unpaired) electrons. The van der Waals surface area contributed by atoms with E-state index < -0.39 is 0 Å². The summed E-state index contributed by atoms with van der Waals surface area (Å²) in [5.41, 5.74) is 18.7. The lowest BCUT2D eigenvalue weighted by atomic mass is 9.43. The van der Waals surface area contributed by atoms with Gasteiger partial charge in [0.25, 0.3) is 0 Å². The van der Waals surface area contributed by atoms with Gasteiger partial charge in [0, 0.05) is 38.3 Å². The van der Waals surface area contributed by atoms with E-state index in [1.165, 1.54) is 120 Å². The van der Waals surface area contributed by atoms with Crippen molar-refractivity contribution in [3.05, 3.63) is 193 Å². The highest BCUT2D eigenvalue weighted by molar-refractivity contribution is 6.12. The van der Waals surface area contributed by atoms with Crippen molar-refractivity contribution in [3.63, 3.8) is 0 Å². The molecule has 0 saturated heterocycles. The third-order valence-electron chi connectivity index (χ3n) is 15.7. The van der Waals surface area contributed by atoms with Crippen molar-refractivity contribution in [3.8, 4) is 44.8 Å². The number of nitrogens with zero attached hydrogens (tertiary/aromatic N) is 2. The number of hydrogen-bond donors (Lipinski definition) is 0. The zero-order valence-corrected chi connectivity index (χ0v) is 33.6. The van der Waals surface area contributed by atoms with Crippen molar-refractivity contribution in [1.82, 2.24) is 9.13 Å². The van der Waals surface area contributed by atoms with Gasteiger partial charge in [-0.3, -0.25) is 0 Å². The summed E-state index contributed by atoms with van der Waals surface area (Å²) in [5.74, 6) is 3.33. The molecule has 0 unspecified atom stereocenters. The molecule has 5 aliphatic rings. The second kappa shape index (κ2) is 12.2. The smallest absolute Gasteiger partial charge is 0.0547 e. The van der Waals surface area contributed by atoms with E-state index in [1.807, 2.05) is 0 Å². The molecule has 2 heteroatoms. The highest BCUT2D eigenvalue weighted by atomic mass is 15.0. The van der Waals surface area contributed by atoms with E-state index >= 15 is 0 Å². The Morgan fingerprint density at radius 1 is 0.333 bits per heavy atom. The maximum absolute atomic E-state index is 2.64. The number of rotatable bonds is 4. The summed E-state index contributed by atoms with van der Waals surface area (Å²) >= 11 is 0. The SMILES string of the molecule is c1ccc(-c2cccc(-n3c4ccccc4c4cc(-c5ccc6c7ccccc7n(-c7ccc8c(c7)C7(c9ccccc9-8)C8CC9CC(C8)CC7C9)c6c5)ccc43)c2)cc1. The molecule has 0 N–H and O–H groups in total. The van der Waals surface area contributed by atoms with Gasteiger partial charge in [-0.1, -0.05) is 127 Å². The number of fused-ring (bicyclic) bond motifs is 9. The Balaban J connectivity index is 0.939. The van der Waals surface area contributed by atoms with Gasteiger partial charge in [-0.15, -0.1) is 0 Å². The molecule has 15 rings (SSSR count). The average molecular weight is 769 g/mol. The average Bonchev–Trinajstić information content (AvgIpc) is 3.92. The van der Waals surface area contributed by atoms with E-state index in [1.54, 1.807) is 11.1 Å². The van der Waals surface area contributed by atoms with Gasteiger partial charge >= 0.3 is 0 Å². The number of para-hydroxylation sites is 2. The second-order valence-electron chi connectivity index (χ2n) is 18.5. The Hall–Kier alpha value is -6.64. The van der Waals surface area contributed by atoms with Gasteiger partial charge in [0.2, 0.25) is 0 Å². The van der Waals surface area contributed by atoms with Crippen LogP contribution < -0.4 is 0 Å². The summed E-state index contributed by atoms with van der Waals surface area (Å²) < 4.78 is 5.01. The molecule has 2 heterocycles. The van der Waals surface area contributed by atoms with Crippen LogP contribution in [0.25, 0.3) is 88.4 Å². The van der Waals surface area contributed by atoms with Crippen LogP contribution in [0, 0.1) is 23.7 Å². The zero-order chi connectivity index (χ0) is 39.1. The first-order chi connectivity index (χ1) is 29.7. The fourth-order valence-corrected chi connectivity index (χ4v) is 13.6. The third-order valence-corrected chi connectivity index (χ3v) is 15.7. The van der Waals surface area contributed by atoms with E-state index in [0.29, 0.717) is 0 Å². The minimum Gasteiger partial charge on any atom is -0.309 e. The lowest BCUT2D eigenvalue weighted by Gasteiger charge is -2.61. The van der Waals surface area contributed by atoms with Crippen molar-refractivity contribution in [2.45, 2.75) is 37.5 Å². The van der Waals surface area contributed by atoms with E-state index in [-0.39, 0.29) is 5.41 Å². The van der Waals surface area contributed by atoms with Gasteiger partial charge in [-0.25, -0.2) is 0 Å². The molecule has 4 fully saturated rings. The maximum Gasteiger partial charge on any atom is 0.0547 e. The minimum atomic E-state index is 0.136. The van der Waals surface area contributed by atoms with Crippen LogP contribution in [0.5, 0.6) is 0 Å². The van der Waals surface area contributed by atoms with Crippen LogP contribution in [-0.4, -0.2) is 9.13 Å². The van der Waals surface area contributed by atoms with Crippen LogP contribution in [0.15, 0.2) is 182 Å². The van der Waals surface area contributed by atoms with Gasteiger partial charge in [-0.05, 0) is 155 Å². The Bertz CT molecular complexity index is 3370. The highest BCUT2D eigenvalue weighted by Gasteiger charge is 2.61. The van der Waals surface area contributed by atoms with Crippen molar-refractivity contribution >= 4 is 43.6 Å². The van der Waals surface area contributed by atoms with Crippen LogP contribution in [0.3, 0.4) is 0 Å². The van der Waals surface area contributed by atoms with E-state index in [9.17, 15) is 0 Å². The topological polar surface area (TPSA) is 9.86 Å². The molecule has 5 aliphatic carbocycles. The fraction of sp³-hybridized carbons (Fsp3) is 0.172. The van der Waals surface area contributed by atoms with Crippen LogP contribution in [0.4, 0.5) is 0 Å². The molecule has 4 saturated carbocycles. The van der Waals surface area contributed by atoms with Gasteiger partial charge in [-0.2, -0.15) is 0 Å². The quantitative estimate of drug-likeness (QED) is 0.169. The molecule has 286 valence electrons. The van der Waals surface area contributed by atoms with Crippen LogP contribution >= 0.6 is 0 Å². The molecule has 10 aromatic rings. The second-order valence-corrected chi connectivity index (χ2v) is 18.5. The minimum absolute atomic E-state index is 0.136. The first kappa shape index (κ1) is 33.2. The molecule has 4 bridgehead atoms. The molecule has 1 spiro atoms. The van der Waals surface area contributed by atoms with E-state index in [2.05, 4.69) is 191 Å². The molecule has 0 aliphatic heterocycles. The normalized spacial score (nSPS) is 22.4. The summed E-state index contributed by atoms with van der Waals surface area (Å²) in [5, 5.41) is 5.15. The highest BCUT2D eigenvalue weighted by Crippen LogP contribution is 2.69. The molecule has 2 aromatic heterocycles. The molecular weight excluding hydrogens is 725 g/mol. The Kier molecular flexibility index (Phi) is 6.76. The van der Waals surface area contributed by atoms with Crippen molar-refractivity contribution in [2.24, 2.45) is 23.7 Å². The van der Waals surface area contributed by atoms with Crippen LogP contribution in [0.2, 0.25) is 0 Å². The lowest BCUT2D eigenvalue weighted by molar-refractivity contribution is -0.0399. The summed E-state index contributed by atoms with van der Waals surface area (Å²) in [6, 6.07) is 68.8. The van der Waals surface area contributed by atoms with Crippen molar-refractivity contribution in [2.75, 3.05) is 0 Å². The van der Waals surface area contributed by atoms with Gasteiger partial charge in [0.15, 0.2) is 0 Å². The number of benzene rings is 8. The maximum atomic E-state index is 2.64. The van der Waals surface area contributed by atoms with Crippen LogP contribution in [-0.2, 0) is 5.41 Å². The largest absolute Gasteiger partial charge is 0.309 e. The molecule has 0 atom stereocenters. The zero-order valence-electron chi connectivity index (χ0n) is 33.6. The predicted octanol–water partition coefficient (Wildman–Crippen LogP) is 14.9. The Labute approximate surface area is 350 Å². The fourth-order valence-electron chi connectivity index (χ4n) is 13.6. The van der Waals surface area contributed by atoms with Crippen molar-refractivity contribution < 1.29 is 0 Å². The number of aromatic nitrogens is 2. The third kappa shape index (κ3) is 4.44. The Morgan fingerprint density at radius 3 is 1.70 bits per heavy atom. The molecule has 60 heavy (non-hydrogen) atoms. The van der Waals surface area contributed by atoms with E-state index in [0.717, 1.165) is 23.7 Å². The summed E-state index contributed by atoms with van der Waals surface area (Å²) in [4.78, 5) is 0. The summed E-state index contributed by atoms with van der Waals surface area (Å²) in [6.45, 7) is 0. The standard InChI is InChI=1S/C58H44N2/c1-2-11-38(12-3-1)39-13-10-14-44(32-39)59-55-20-9-6-17-49(55)51-33-40(22-26-56(51)59)41-21-24-50-48-16-5-8-19-54(48)60(57(50)34-41)45-23-25-47-46-15-4-7-18-52(46)58(53(47)35-45)42-28-36-27-37(30-42)31-43(58)29-36/h1-26,32-37,42-43H,27-31H2. The summed E-state index contributed by atoms with van der Waals surface area (Å²) in [6.07, 6.45) is 7.05. The molecule has 2 nitrogen and oxygen atoms in total. The Morgan fingerprint density at radius 2 is 0.900 bits per heavy atom. The first-order valence-corrected chi connectivity index (χ1v) is 22.2. The molecular formula is C58H44N2. The van der Waals surface area contributed by atoms with Gasteiger partial charge in [0.05, 0.1) is 22.1 Å². The lowest BCUT2D eigenvalue weighted by Crippen LogP contribution is -2.55.